The zero-order valence-electron chi connectivity index (χ0n) is 21.1. The van der Waals surface area contributed by atoms with Crippen molar-refractivity contribution in [2.75, 3.05) is 12.4 Å². The number of anilines is 1. The van der Waals surface area contributed by atoms with E-state index in [0.29, 0.717) is 0 Å². The Labute approximate surface area is 207 Å². The predicted molar refractivity (Wildman–Crippen MR) is 139 cm³/mol. The monoisotopic (exact) mass is 474 g/mol. The van der Waals surface area contributed by atoms with Crippen LogP contribution in [-0.4, -0.2) is 30.8 Å². The Morgan fingerprint density at radius 2 is 1.66 bits per heavy atom. The van der Waals surface area contributed by atoms with Crippen LogP contribution in [-0.2, 0) is 27.3 Å². The number of alkyl carbamates (subject to hydrolysis) is 1. The minimum atomic E-state index is -0.883. The Bertz CT molecular complexity index is 1150. The van der Waals surface area contributed by atoms with Gasteiger partial charge in [0.25, 0.3) is 0 Å². The predicted octanol–water partition coefficient (Wildman–Crippen LogP) is 5.88. The van der Waals surface area contributed by atoms with Crippen LogP contribution in [0.25, 0.3) is 11.1 Å². The number of ether oxygens (including phenoxy) is 2. The van der Waals surface area contributed by atoms with Gasteiger partial charge in [-0.2, -0.15) is 0 Å². The average molecular weight is 475 g/mol. The van der Waals surface area contributed by atoms with Crippen molar-refractivity contribution >= 4 is 17.7 Å². The summed E-state index contributed by atoms with van der Waals surface area (Å²) in [7, 11) is 1.89. The summed E-state index contributed by atoms with van der Waals surface area (Å²) in [5.41, 5.74) is 5.43. The van der Waals surface area contributed by atoms with E-state index in [-0.39, 0.29) is 13.0 Å². The molecule has 0 aliphatic carbocycles. The van der Waals surface area contributed by atoms with Crippen LogP contribution in [0, 0.1) is 6.92 Å². The third kappa shape index (κ3) is 7.88. The maximum Gasteiger partial charge on any atom is 0.408 e. The number of hydrogen-bond donors (Lipinski definition) is 2. The van der Waals surface area contributed by atoms with Gasteiger partial charge in [-0.25, -0.2) is 9.59 Å². The lowest BCUT2D eigenvalue weighted by Crippen LogP contribution is -2.45. The number of aryl methyl sites for hydroxylation is 1. The molecule has 0 bridgehead atoms. The molecule has 6 nitrogen and oxygen atoms in total. The van der Waals surface area contributed by atoms with E-state index in [0.717, 1.165) is 33.5 Å². The van der Waals surface area contributed by atoms with Gasteiger partial charge >= 0.3 is 12.1 Å². The lowest BCUT2D eigenvalue weighted by atomic mass is 9.95. The fraction of sp³-hybridized carbons (Fsp3) is 0.310. The van der Waals surface area contributed by atoms with Gasteiger partial charge < -0.3 is 20.1 Å². The fourth-order valence-corrected chi connectivity index (χ4v) is 3.73. The van der Waals surface area contributed by atoms with Crippen molar-refractivity contribution in [3.05, 3.63) is 89.5 Å². The highest BCUT2D eigenvalue weighted by molar-refractivity contribution is 5.82. The van der Waals surface area contributed by atoms with Gasteiger partial charge in [-0.1, -0.05) is 60.7 Å². The van der Waals surface area contributed by atoms with Crippen LogP contribution in [0.5, 0.6) is 0 Å². The molecule has 1 unspecified atom stereocenters. The van der Waals surface area contributed by atoms with E-state index in [4.69, 9.17) is 9.47 Å². The maximum absolute atomic E-state index is 13.0. The summed E-state index contributed by atoms with van der Waals surface area (Å²) < 4.78 is 10.9. The van der Waals surface area contributed by atoms with Crippen LogP contribution in [0.1, 0.15) is 37.5 Å². The maximum atomic E-state index is 13.0. The molecule has 3 rings (SSSR count). The highest BCUT2D eigenvalue weighted by atomic mass is 16.6. The van der Waals surface area contributed by atoms with Crippen LogP contribution in [0.4, 0.5) is 10.5 Å². The molecule has 1 atom stereocenters. The van der Waals surface area contributed by atoms with E-state index >= 15 is 0 Å². The Morgan fingerprint density at radius 1 is 0.914 bits per heavy atom. The quantitative estimate of drug-likeness (QED) is 0.399. The summed E-state index contributed by atoms with van der Waals surface area (Å²) in [6, 6.07) is 22.8. The van der Waals surface area contributed by atoms with Crippen LogP contribution >= 0.6 is 0 Å². The lowest BCUT2D eigenvalue weighted by Gasteiger charge is -2.23. The van der Waals surface area contributed by atoms with Crippen molar-refractivity contribution in [2.45, 2.75) is 52.4 Å². The minimum Gasteiger partial charge on any atom is -0.459 e. The first-order valence-corrected chi connectivity index (χ1v) is 11.7. The van der Waals surface area contributed by atoms with E-state index in [2.05, 4.69) is 22.8 Å². The second kappa shape index (κ2) is 11.6. The third-order valence-corrected chi connectivity index (χ3v) is 5.39. The number of esters is 1. The molecule has 0 aromatic heterocycles. The molecular weight excluding hydrogens is 440 g/mol. The number of carbonyl (C=O) groups is 2. The van der Waals surface area contributed by atoms with Gasteiger partial charge in [-0.15, -0.1) is 0 Å². The van der Waals surface area contributed by atoms with Gasteiger partial charge in [-0.05, 0) is 67.6 Å². The van der Waals surface area contributed by atoms with Crippen molar-refractivity contribution in [1.82, 2.24) is 5.32 Å². The Morgan fingerprint density at radius 3 is 2.31 bits per heavy atom. The van der Waals surface area contributed by atoms with Crippen molar-refractivity contribution in [2.24, 2.45) is 0 Å². The lowest BCUT2D eigenvalue weighted by molar-refractivity contribution is -0.147. The first kappa shape index (κ1) is 25.8. The molecule has 0 saturated carbocycles. The van der Waals surface area contributed by atoms with Crippen LogP contribution < -0.4 is 10.6 Å². The Balaban J connectivity index is 1.78. The van der Waals surface area contributed by atoms with Gasteiger partial charge in [0.05, 0.1) is 0 Å². The molecule has 184 valence electrons. The normalized spacial score (nSPS) is 11.9. The topological polar surface area (TPSA) is 76.7 Å². The zero-order chi connectivity index (χ0) is 25.4. The summed E-state index contributed by atoms with van der Waals surface area (Å²) in [5.74, 6) is -0.511. The van der Waals surface area contributed by atoms with Crippen molar-refractivity contribution in [3.63, 3.8) is 0 Å². The second-order valence-electron chi connectivity index (χ2n) is 9.48. The standard InChI is InChI=1S/C29H34N2O4/c1-20-16-22(14-15-25(20)23-12-9-13-24(18-23)30-5)17-26(31-28(33)35-29(2,3)4)27(32)34-19-21-10-7-6-8-11-21/h6-16,18,26,30H,17,19H2,1-5H3,(H,31,33). The van der Waals surface area contributed by atoms with E-state index in [1.165, 1.54) is 0 Å². The summed E-state index contributed by atoms with van der Waals surface area (Å²) in [6.07, 6.45) is -0.374. The molecule has 0 aliphatic heterocycles. The molecule has 3 aromatic rings. The average Bonchev–Trinajstić information content (AvgIpc) is 2.81. The van der Waals surface area contributed by atoms with Gasteiger partial charge in [0, 0.05) is 19.2 Å². The fourth-order valence-electron chi connectivity index (χ4n) is 3.73. The summed E-state index contributed by atoms with van der Waals surface area (Å²) in [6.45, 7) is 7.50. The number of hydrogen-bond acceptors (Lipinski definition) is 5. The van der Waals surface area contributed by atoms with E-state index in [1.54, 1.807) is 20.8 Å². The Kier molecular flexibility index (Phi) is 8.53. The molecule has 0 aliphatic rings. The zero-order valence-corrected chi connectivity index (χ0v) is 21.1. The number of amides is 1. The van der Waals surface area contributed by atoms with E-state index in [9.17, 15) is 9.59 Å². The largest absolute Gasteiger partial charge is 0.459 e. The summed E-state index contributed by atoms with van der Waals surface area (Å²) >= 11 is 0. The molecule has 0 fully saturated rings. The van der Waals surface area contributed by atoms with Crippen molar-refractivity contribution in [1.29, 1.82) is 0 Å². The molecule has 1 amide bonds. The molecule has 0 heterocycles. The first-order chi connectivity index (χ1) is 16.6. The minimum absolute atomic E-state index is 0.131. The highest BCUT2D eigenvalue weighted by Gasteiger charge is 2.26. The molecule has 2 N–H and O–H groups in total. The number of carbonyl (C=O) groups excluding carboxylic acids is 2. The molecular formula is C29H34N2O4. The third-order valence-electron chi connectivity index (χ3n) is 5.39. The van der Waals surface area contributed by atoms with Gasteiger partial charge in [0.15, 0.2) is 0 Å². The van der Waals surface area contributed by atoms with Gasteiger partial charge in [-0.3, -0.25) is 0 Å². The molecule has 0 radical (unpaired) electrons. The van der Waals surface area contributed by atoms with Gasteiger partial charge in [0.2, 0.25) is 0 Å². The number of benzene rings is 3. The van der Waals surface area contributed by atoms with E-state index in [1.807, 2.05) is 74.6 Å². The molecule has 0 saturated heterocycles. The van der Waals surface area contributed by atoms with Gasteiger partial charge in [0.1, 0.15) is 18.2 Å². The van der Waals surface area contributed by atoms with Crippen LogP contribution in [0.2, 0.25) is 0 Å². The van der Waals surface area contributed by atoms with Crippen molar-refractivity contribution < 1.29 is 19.1 Å². The molecule has 6 heteroatoms. The highest BCUT2D eigenvalue weighted by Crippen LogP contribution is 2.27. The number of nitrogens with one attached hydrogen (secondary N) is 2. The summed E-state index contributed by atoms with van der Waals surface area (Å²) in [4.78, 5) is 25.4. The smallest absolute Gasteiger partial charge is 0.408 e. The van der Waals surface area contributed by atoms with Crippen LogP contribution in [0.3, 0.4) is 0 Å². The molecule has 3 aromatic carbocycles. The van der Waals surface area contributed by atoms with Crippen LogP contribution in [0.15, 0.2) is 72.8 Å². The first-order valence-electron chi connectivity index (χ1n) is 11.7. The van der Waals surface area contributed by atoms with Crippen molar-refractivity contribution in [3.8, 4) is 11.1 Å². The second-order valence-corrected chi connectivity index (χ2v) is 9.48. The van der Waals surface area contributed by atoms with E-state index < -0.39 is 23.7 Å². The molecule has 35 heavy (non-hydrogen) atoms. The Hall–Kier alpha value is -3.80. The molecule has 0 spiro atoms. The SMILES string of the molecule is CNc1cccc(-c2ccc(CC(NC(=O)OC(C)(C)C)C(=O)OCc3ccccc3)cc2C)c1. The number of rotatable bonds is 8. The summed E-state index contributed by atoms with van der Waals surface area (Å²) in [5, 5.41) is 5.86.